The first-order valence-corrected chi connectivity index (χ1v) is 12.0. The molecule has 1 aromatic carbocycles. The Bertz CT molecular complexity index is 1380. The molecule has 1 aliphatic rings. The van der Waals surface area contributed by atoms with Crippen molar-refractivity contribution in [3.8, 4) is 5.69 Å². The van der Waals surface area contributed by atoms with Crippen LogP contribution in [0.1, 0.15) is 23.5 Å². The number of thiocarbonyl (C=S) groups is 1. The summed E-state index contributed by atoms with van der Waals surface area (Å²) in [4.78, 5) is 22.9. The molecular weight excluding hydrogens is 496 g/mol. The monoisotopic (exact) mass is 518 g/mol. The number of methoxy groups -OCH3 is 1. The molecule has 0 unspecified atom stereocenters. The molecule has 0 saturated carbocycles. The van der Waals surface area contributed by atoms with Gasteiger partial charge in [0.25, 0.3) is 0 Å². The standard InChI is InChI=1S/C26H23ClN6O2S/c1-35-16-23(34)30-20-10-9-17(14-19(20)27)33-25(24(31-26(33)36)21-7-2-3-12-29-21)22-8-5-13-32(22)18-6-4-11-28-15-18/h2-15,24-25H,16H2,1H3,(H,30,34)(H,31,36)/t24-,25-/m1/s1. The van der Waals surface area contributed by atoms with Crippen molar-refractivity contribution in [2.45, 2.75) is 12.1 Å². The molecule has 4 aromatic rings. The quantitative estimate of drug-likeness (QED) is 0.343. The lowest BCUT2D eigenvalue weighted by atomic mass is 10.0. The Morgan fingerprint density at radius 1 is 1.14 bits per heavy atom. The van der Waals surface area contributed by atoms with E-state index in [1.807, 2.05) is 59.8 Å². The SMILES string of the molecule is COCC(=O)Nc1ccc(N2C(=S)N[C@H](c3ccccn3)[C@H]2c2cccn2-c2cccnc2)cc1Cl. The lowest BCUT2D eigenvalue weighted by Gasteiger charge is -2.29. The van der Waals surface area contributed by atoms with Gasteiger partial charge in [-0.1, -0.05) is 17.7 Å². The van der Waals surface area contributed by atoms with Crippen molar-refractivity contribution in [1.29, 1.82) is 0 Å². The summed E-state index contributed by atoms with van der Waals surface area (Å²) in [6, 6.07) is 18.8. The maximum atomic E-state index is 12.0. The van der Waals surface area contributed by atoms with Gasteiger partial charge in [0.1, 0.15) is 12.6 Å². The number of halogens is 1. The number of nitrogens with zero attached hydrogens (tertiary/aromatic N) is 4. The van der Waals surface area contributed by atoms with Crippen molar-refractivity contribution < 1.29 is 9.53 Å². The Morgan fingerprint density at radius 3 is 2.75 bits per heavy atom. The van der Waals surface area contributed by atoms with E-state index >= 15 is 0 Å². The smallest absolute Gasteiger partial charge is 0.250 e. The minimum Gasteiger partial charge on any atom is -0.375 e. The van der Waals surface area contributed by atoms with E-state index in [0.29, 0.717) is 15.8 Å². The Morgan fingerprint density at radius 2 is 2.03 bits per heavy atom. The molecule has 0 radical (unpaired) electrons. The number of carbonyl (C=O) groups is 1. The molecular formula is C26H23ClN6O2S. The summed E-state index contributed by atoms with van der Waals surface area (Å²) < 4.78 is 6.98. The molecule has 1 aliphatic heterocycles. The predicted octanol–water partition coefficient (Wildman–Crippen LogP) is 4.68. The number of carbonyl (C=O) groups excluding carboxylic acids is 1. The number of benzene rings is 1. The van der Waals surface area contributed by atoms with Crippen LogP contribution in [0.2, 0.25) is 5.02 Å². The van der Waals surface area contributed by atoms with Gasteiger partial charge in [-0.3, -0.25) is 14.8 Å². The maximum absolute atomic E-state index is 12.0. The van der Waals surface area contributed by atoms with Gasteiger partial charge in [0.15, 0.2) is 5.11 Å². The van der Waals surface area contributed by atoms with Gasteiger partial charge in [-0.25, -0.2) is 0 Å². The summed E-state index contributed by atoms with van der Waals surface area (Å²) in [6.45, 7) is -0.0582. The summed E-state index contributed by atoms with van der Waals surface area (Å²) in [7, 11) is 1.46. The zero-order valence-electron chi connectivity index (χ0n) is 19.3. The molecule has 1 fully saturated rings. The van der Waals surface area contributed by atoms with E-state index in [2.05, 4.69) is 31.2 Å². The van der Waals surface area contributed by atoms with Crippen molar-refractivity contribution >= 4 is 46.2 Å². The second-order valence-corrected chi connectivity index (χ2v) is 8.95. The number of pyridine rings is 2. The van der Waals surface area contributed by atoms with E-state index in [1.165, 1.54) is 7.11 Å². The molecule has 36 heavy (non-hydrogen) atoms. The van der Waals surface area contributed by atoms with Crippen LogP contribution in [0.15, 0.2) is 85.5 Å². The van der Waals surface area contributed by atoms with Gasteiger partial charge in [0, 0.05) is 37.1 Å². The number of aromatic nitrogens is 3. The first kappa shape index (κ1) is 23.9. The van der Waals surface area contributed by atoms with E-state index in [4.69, 9.17) is 28.6 Å². The van der Waals surface area contributed by atoms with E-state index < -0.39 is 0 Å². The first-order valence-electron chi connectivity index (χ1n) is 11.2. The summed E-state index contributed by atoms with van der Waals surface area (Å²) >= 11 is 12.4. The second kappa shape index (κ2) is 10.4. The van der Waals surface area contributed by atoms with Crippen molar-refractivity contribution in [3.63, 3.8) is 0 Å². The zero-order chi connectivity index (χ0) is 25.1. The van der Waals surface area contributed by atoms with Crippen LogP contribution < -0.4 is 15.5 Å². The fourth-order valence-electron chi connectivity index (χ4n) is 4.37. The number of hydrogen-bond acceptors (Lipinski definition) is 5. The number of anilines is 2. The molecule has 1 amide bonds. The topological polar surface area (TPSA) is 84.3 Å². The van der Waals surface area contributed by atoms with Crippen LogP contribution in [0.4, 0.5) is 11.4 Å². The summed E-state index contributed by atoms with van der Waals surface area (Å²) in [5, 5.41) is 7.15. The normalized spacial score (nSPS) is 17.2. The zero-order valence-corrected chi connectivity index (χ0v) is 20.9. The summed E-state index contributed by atoms with van der Waals surface area (Å²) in [5.74, 6) is -0.284. The van der Waals surface area contributed by atoms with E-state index in [9.17, 15) is 4.79 Å². The van der Waals surface area contributed by atoms with Crippen LogP contribution in [-0.4, -0.2) is 39.3 Å². The van der Waals surface area contributed by atoms with Crippen LogP contribution in [0.3, 0.4) is 0 Å². The highest BCUT2D eigenvalue weighted by molar-refractivity contribution is 7.80. The molecule has 4 heterocycles. The number of amides is 1. The average Bonchev–Trinajstić information content (AvgIpc) is 3.51. The highest BCUT2D eigenvalue weighted by Crippen LogP contribution is 2.43. The van der Waals surface area contributed by atoms with Gasteiger partial charge in [-0.2, -0.15) is 0 Å². The largest absolute Gasteiger partial charge is 0.375 e. The summed E-state index contributed by atoms with van der Waals surface area (Å²) in [5.41, 5.74) is 4.08. The molecule has 0 aliphatic carbocycles. The second-order valence-electron chi connectivity index (χ2n) is 8.16. The van der Waals surface area contributed by atoms with Crippen LogP contribution >= 0.6 is 23.8 Å². The van der Waals surface area contributed by atoms with Crippen molar-refractivity contribution in [2.24, 2.45) is 0 Å². The third kappa shape index (κ3) is 4.68. The molecule has 3 aromatic heterocycles. The molecule has 1 saturated heterocycles. The maximum Gasteiger partial charge on any atom is 0.250 e. The molecule has 5 rings (SSSR count). The van der Waals surface area contributed by atoms with Crippen molar-refractivity contribution in [1.82, 2.24) is 19.9 Å². The lowest BCUT2D eigenvalue weighted by Crippen LogP contribution is -2.30. The minimum atomic E-state index is -0.284. The van der Waals surface area contributed by atoms with Gasteiger partial charge in [0.05, 0.1) is 34.3 Å². The number of hydrogen-bond donors (Lipinski definition) is 2. The fourth-order valence-corrected chi connectivity index (χ4v) is 4.94. The third-order valence-electron chi connectivity index (χ3n) is 5.89. The third-order valence-corrected chi connectivity index (χ3v) is 6.51. The van der Waals surface area contributed by atoms with Gasteiger partial charge in [-0.15, -0.1) is 0 Å². The van der Waals surface area contributed by atoms with E-state index in [1.54, 1.807) is 24.5 Å². The molecule has 2 N–H and O–H groups in total. The molecule has 0 spiro atoms. The highest BCUT2D eigenvalue weighted by Gasteiger charge is 2.42. The van der Waals surface area contributed by atoms with Gasteiger partial charge in [-0.05, 0) is 66.8 Å². The molecule has 0 bridgehead atoms. The van der Waals surface area contributed by atoms with Gasteiger partial charge in [0.2, 0.25) is 5.91 Å². The van der Waals surface area contributed by atoms with Crippen LogP contribution in [0.25, 0.3) is 5.69 Å². The Labute approximate surface area is 218 Å². The summed E-state index contributed by atoms with van der Waals surface area (Å²) in [6.07, 6.45) is 7.34. The fraction of sp³-hybridized carbons (Fsp3) is 0.154. The Kier molecular flexibility index (Phi) is 6.95. The Balaban J connectivity index is 1.58. The van der Waals surface area contributed by atoms with Crippen LogP contribution in [0, 0.1) is 0 Å². The van der Waals surface area contributed by atoms with Crippen LogP contribution in [0.5, 0.6) is 0 Å². The molecule has 10 heteroatoms. The van der Waals surface area contributed by atoms with Crippen molar-refractivity contribution in [2.75, 3.05) is 23.9 Å². The Hall–Kier alpha value is -3.79. The molecule has 182 valence electrons. The van der Waals surface area contributed by atoms with Gasteiger partial charge >= 0.3 is 0 Å². The number of ether oxygens (including phenoxy) is 1. The lowest BCUT2D eigenvalue weighted by molar-refractivity contribution is -0.119. The number of rotatable bonds is 7. The minimum absolute atomic E-state index is 0.0582. The van der Waals surface area contributed by atoms with Crippen LogP contribution in [-0.2, 0) is 9.53 Å². The molecule has 2 atom stereocenters. The molecule has 8 nitrogen and oxygen atoms in total. The van der Waals surface area contributed by atoms with Crippen molar-refractivity contribution in [3.05, 3.63) is 102 Å². The first-order chi connectivity index (χ1) is 17.6. The average molecular weight is 519 g/mol. The van der Waals surface area contributed by atoms with Gasteiger partial charge < -0.3 is 24.8 Å². The predicted molar refractivity (Wildman–Crippen MR) is 143 cm³/mol. The van der Waals surface area contributed by atoms with E-state index in [0.717, 1.165) is 22.8 Å². The highest BCUT2D eigenvalue weighted by atomic mass is 35.5. The number of nitrogens with one attached hydrogen (secondary N) is 2. The van der Waals surface area contributed by atoms with E-state index in [-0.39, 0.29) is 24.6 Å².